The van der Waals surface area contributed by atoms with Crippen molar-refractivity contribution in [3.63, 3.8) is 0 Å². The molecule has 0 bridgehead atoms. The van der Waals surface area contributed by atoms with Crippen molar-refractivity contribution in [3.8, 4) is 11.4 Å². The minimum atomic E-state index is 0.209. The molecule has 0 aliphatic carbocycles. The van der Waals surface area contributed by atoms with Crippen LogP contribution >= 0.6 is 11.6 Å². The fourth-order valence-corrected chi connectivity index (χ4v) is 2.50. The number of halogens is 1. The molecule has 18 heavy (non-hydrogen) atoms. The Hall–Kier alpha value is -1.39. The van der Waals surface area contributed by atoms with E-state index in [1.165, 1.54) is 0 Å². The number of aliphatic hydroxyl groups excluding tert-OH is 1. The van der Waals surface area contributed by atoms with Crippen LogP contribution in [0.3, 0.4) is 0 Å². The van der Waals surface area contributed by atoms with Crippen LogP contribution in [0.4, 0.5) is 0 Å². The van der Waals surface area contributed by atoms with Gasteiger partial charge in [0.15, 0.2) is 5.82 Å². The molecule has 0 radical (unpaired) electrons. The number of aliphatic hydroxyl groups is 1. The van der Waals surface area contributed by atoms with Gasteiger partial charge >= 0.3 is 0 Å². The molecule has 5 heteroatoms. The van der Waals surface area contributed by atoms with Gasteiger partial charge in [0.25, 0.3) is 0 Å². The van der Waals surface area contributed by atoms with E-state index in [1.807, 2.05) is 28.9 Å². The lowest BCUT2D eigenvalue weighted by atomic mass is 10.0. The quantitative estimate of drug-likeness (QED) is 0.903. The Kier molecular flexibility index (Phi) is 3.06. The van der Waals surface area contributed by atoms with Crippen LogP contribution in [0.2, 0.25) is 5.02 Å². The number of rotatable bonds is 2. The molecule has 1 aromatic heterocycles. The minimum absolute atomic E-state index is 0.209. The maximum Gasteiger partial charge on any atom is 0.182 e. The molecule has 1 aromatic carbocycles. The highest BCUT2D eigenvalue weighted by atomic mass is 35.5. The molecule has 0 amide bonds. The number of aryl methyl sites for hydroxylation is 1. The smallest absolute Gasteiger partial charge is 0.182 e. The van der Waals surface area contributed by atoms with Gasteiger partial charge in [-0.25, -0.2) is 9.67 Å². The lowest BCUT2D eigenvalue weighted by molar-refractivity contribution is 0.185. The molecule has 1 unspecified atom stereocenters. The van der Waals surface area contributed by atoms with Gasteiger partial charge in [0.05, 0.1) is 5.02 Å². The first-order chi connectivity index (χ1) is 8.78. The number of nitrogens with zero attached hydrogens (tertiary/aromatic N) is 3. The van der Waals surface area contributed by atoms with Gasteiger partial charge in [-0.1, -0.05) is 23.7 Å². The molecule has 94 valence electrons. The summed E-state index contributed by atoms with van der Waals surface area (Å²) in [6.07, 6.45) is 1.83. The van der Waals surface area contributed by atoms with Gasteiger partial charge < -0.3 is 5.11 Å². The van der Waals surface area contributed by atoms with E-state index in [0.717, 1.165) is 30.8 Å². The third kappa shape index (κ3) is 2.02. The first-order valence-electron chi connectivity index (χ1n) is 6.07. The van der Waals surface area contributed by atoms with Gasteiger partial charge in [0.1, 0.15) is 5.82 Å². The monoisotopic (exact) mass is 263 g/mol. The molecule has 2 heterocycles. The second kappa shape index (κ2) is 4.71. The van der Waals surface area contributed by atoms with Crippen molar-refractivity contribution < 1.29 is 5.11 Å². The molecular weight excluding hydrogens is 250 g/mol. The van der Waals surface area contributed by atoms with E-state index in [-0.39, 0.29) is 6.61 Å². The molecule has 1 atom stereocenters. The number of hydrogen-bond acceptors (Lipinski definition) is 3. The second-order valence-corrected chi connectivity index (χ2v) is 5.01. The van der Waals surface area contributed by atoms with E-state index in [1.54, 1.807) is 0 Å². The molecule has 1 N–H and O–H groups in total. The summed E-state index contributed by atoms with van der Waals surface area (Å²) in [5.41, 5.74) is 0.863. The average Bonchev–Trinajstić information content (AvgIpc) is 2.81. The Morgan fingerprint density at radius 1 is 1.39 bits per heavy atom. The summed E-state index contributed by atoms with van der Waals surface area (Å²) in [7, 11) is 0. The van der Waals surface area contributed by atoms with E-state index in [4.69, 9.17) is 11.6 Å². The zero-order chi connectivity index (χ0) is 12.5. The summed E-state index contributed by atoms with van der Waals surface area (Å²) < 4.78 is 1.89. The first-order valence-corrected chi connectivity index (χ1v) is 6.45. The van der Waals surface area contributed by atoms with E-state index in [2.05, 4.69) is 10.1 Å². The van der Waals surface area contributed by atoms with Gasteiger partial charge in [0, 0.05) is 31.1 Å². The zero-order valence-corrected chi connectivity index (χ0v) is 10.6. The van der Waals surface area contributed by atoms with Crippen molar-refractivity contribution >= 4 is 11.6 Å². The topological polar surface area (TPSA) is 50.9 Å². The summed E-state index contributed by atoms with van der Waals surface area (Å²) in [5.74, 6) is 1.95. The minimum Gasteiger partial charge on any atom is -0.396 e. The van der Waals surface area contributed by atoms with Crippen LogP contribution < -0.4 is 0 Å². The molecule has 0 spiro atoms. The molecule has 0 saturated carbocycles. The summed E-state index contributed by atoms with van der Waals surface area (Å²) in [4.78, 5) is 4.54. The normalized spacial score (nSPS) is 18.7. The van der Waals surface area contributed by atoms with Crippen molar-refractivity contribution in [1.29, 1.82) is 0 Å². The predicted octanol–water partition coefficient (Wildman–Crippen LogP) is 2.15. The average molecular weight is 264 g/mol. The summed E-state index contributed by atoms with van der Waals surface area (Å²) >= 11 is 6.15. The zero-order valence-electron chi connectivity index (χ0n) is 9.88. The molecule has 0 fully saturated rings. The Morgan fingerprint density at radius 3 is 3.00 bits per heavy atom. The summed E-state index contributed by atoms with van der Waals surface area (Å²) in [6.45, 7) is 0.948. The molecule has 2 aromatic rings. The van der Waals surface area contributed by atoms with E-state index in [9.17, 15) is 5.11 Å². The first kappa shape index (κ1) is 11.7. The Morgan fingerprint density at radius 2 is 2.22 bits per heavy atom. The van der Waals surface area contributed by atoms with Crippen molar-refractivity contribution in [3.05, 3.63) is 35.1 Å². The molecule has 3 rings (SSSR count). The van der Waals surface area contributed by atoms with Gasteiger partial charge in [-0.3, -0.25) is 0 Å². The van der Waals surface area contributed by atoms with Crippen LogP contribution in [0.1, 0.15) is 12.2 Å². The van der Waals surface area contributed by atoms with Gasteiger partial charge in [-0.05, 0) is 18.6 Å². The van der Waals surface area contributed by atoms with Crippen molar-refractivity contribution in [2.24, 2.45) is 5.92 Å². The van der Waals surface area contributed by atoms with Crippen molar-refractivity contribution in [2.75, 3.05) is 6.61 Å². The second-order valence-electron chi connectivity index (χ2n) is 4.60. The fourth-order valence-electron chi connectivity index (χ4n) is 2.28. The number of hydrogen-bond donors (Lipinski definition) is 1. The highest BCUT2D eigenvalue weighted by molar-refractivity contribution is 6.33. The third-order valence-electron chi connectivity index (χ3n) is 3.33. The third-order valence-corrected chi connectivity index (χ3v) is 3.66. The maximum atomic E-state index is 9.20. The maximum absolute atomic E-state index is 9.20. The molecule has 4 nitrogen and oxygen atoms in total. The van der Waals surface area contributed by atoms with Crippen LogP contribution in [0.15, 0.2) is 24.3 Å². The molecule has 1 aliphatic rings. The Balaban J connectivity index is 1.97. The number of benzene rings is 1. The Labute approximate surface area is 110 Å². The highest BCUT2D eigenvalue weighted by Gasteiger charge is 2.21. The number of fused-ring (bicyclic) bond motifs is 1. The van der Waals surface area contributed by atoms with Crippen molar-refractivity contribution in [1.82, 2.24) is 14.8 Å². The molecular formula is C13H14ClN3O. The van der Waals surface area contributed by atoms with Crippen LogP contribution in [0, 0.1) is 5.92 Å². The van der Waals surface area contributed by atoms with Crippen molar-refractivity contribution in [2.45, 2.75) is 19.4 Å². The van der Waals surface area contributed by atoms with Gasteiger partial charge in [-0.15, -0.1) is 0 Å². The lowest BCUT2D eigenvalue weighted by Crippen LogP contribution is -2.23. The highest BCUT2D eigenvalue weighted by Crippen LogP contribution is 2.27. The van der Waals surface area contributed by atoms with E-state index >= 15 is 0 Å². The fraction of sp³-hybridized carbons (Fsp3) is 0.385. The standard InChI is InChI=1S/C13H14ClN3O/c14-11-4-2-1-3-10(11)13-15-12-6-5-9(8-18)7-17(12)16-13/h1-4,9,18H,5-8H2. The van der Waals surface area contributed by atoms with Crippen LogP contribution in [0.25, 0.3) is 11.4 Å². The van der Waals surface area contributed by atoms with Gasteiger partial charge in [0.2, 0.25) is 0 Å². The summed E-state index contributed by atoms with van der Waals surface area (Å²) in [5, 5.41) is 14.4. The molecule has 0 saturated heterocycles. The largest absolute Gasteiger partial charge is 0.396 e. The van der Waals surface area contributed by atoms with Crippen LogP contribution in [0.5, 0.6) is 0 Å². The molecule has 1 aliphatic heterocycles. The SMILES string of the molecule is OCC1CCc2nc(-c3ccccc3Cl)nn2C1. The van der Waals surface area contributed by atoms with Gasteiger partial charge in [-0.2, -0.15) is 5.10 Å². The van der Waals surface area contributed by atoms with Crippen LogP contribution in [-0.4, -0.2) is 26.5 Å². The number of aromatic nitrogens is 3. The predicted molar refractivity (Wildman–Crippen MR) is 69.4 cm³/mol. The van der Waals surface area contributed by atoms with Crippen LogP contribution in [-0.2, 0) is 13.0 Å². The van der Waals surface area contributed by atoms with E-state index in [0.29, 0.717) is 16.8 Å². The van der Waals surface area contributed by atoms with E-state index < -0.39 is 0 Å². The summed E-state index contributed by atoms with van der Waals surface area (Å²) in [6, 6.07) is 7.59. The Bertz CT molecular complexity index is 567. The lowest BCUT2D eigenvalue weighted by Gasteiger charge is -2.19.